The maximum atomic E-state index is 13.5. The maximum absolute atomic E-state index is 13.5. The fourth-order valence-electron chi connectivity index (χ4n) is 3.67. The Morgan fingerprint density at radius 1 is 1.17 bits per heavy atom. The maximum Gasteiger partial charge on any atom is 0.254 e. The normalized spacial score (nSPS) is 13.2. The van der Waals surface area contributed by atoms with Crippen LogP contribution in [0.15, 0.2) is 48.7 Å². The average molecular weight is 405 g/mol. The summed E-state index contributed by atoms with van der Waals surface area (Å²) in [5, 5.41) is 0. The first-order chi connectivity index (χ1) is 14.6. The van der Waals surface area contributed by atoms with E-state index in [4.69, 9.17) is 9.78 Å². The number of ketones is 1. The van der Waals surface area contributed by atoms with Gasteiger partial charge in [0.15, 0.2) is 5.78 Å². The number of amides is 1. The molecular weight excluding hydrogens is 382 g/mol. The SMILES string of the molecule is COOCc1ccc(-c2ncc(C(C)=O)[nH]2)c(C(=O)N2CCc3ccccc3C2)c1. The summed E-state index contributed by atoms with van der Waals surface area (Å²) in [6.45, 7) is 2.89. The van der Waals surface area contributed by atoms with Crippen molar-refractivity contribution in [2.75, 3.05) is 13.7 Å². The van der Waals surface area contributed by atoms with Crippen molar-refractivity contribution in [2.24, 2.45) is 0 Å². The van der Waals surface area contributed by atoms with Crippen LogP contribution in [0.1, 0.15) is 44.5 Å². The first kappa shape index (κ1) is 20.0. The predicted octanol–water partition coefficient (Wildman–Crippen LogP) is 3.56. The Morgan fingerprint density at radius 3 is 2.70 bits per heavy atom. The van der Waals surface area contributed by atoms with Crippen molar-refractivity contribution in [3.8, 4) is 11.4 Å². The monoisotopic (exact) mass is 405 g/mol. The van der Waals surface area contributed by atoms with E-state index in [1.165, 1.54) is 25.8 Å². The number of hydrogen-bond donors (Lipinski definition) is 1. The largest absolute Gasteiger partial charge is 0.336 e. The Labute approximate surface area is 174 Å². The topological polar surface area (TPSA) is 84.5 Å². The van der Waals surface area contributed by atoms with Crippen LogP contribution in [0.25, 0.3) is 11.4 Å². The number of imidazole rings is 1. The summed E-state index contributed by atoms with van der Waals surface area (Å²) in [5.41, 5.74) is 4.81. The van der Waals surface area contributed by atoms with Gasteiger partial charge in [-0.25, -0.2) is 14.8 Å². The minimum absolute atomic E-state index is 0.0838. The number of carbonyl (C=O) groups excluding carboxylic acids is 2. The number of rotatable bonds is 6. The molecule has 1 aliphatic rings. The molecule has 0 fully saturated rings. The highest BCUT2D eigenvalue weighted by Crippen LogP contribution is 2.27. The van der Waals surface area contributed by atoms with Gasteiger partial charge in [-0.3, -0.25) is 9.59 Å². The van der Waals surface area contributed by atoms with Crippen molar-refractivity contribution in [1.82, 2.24) is 14.9 Å². The van der Waals surface area contributed by atoms with Crippen LogP contribution in [-0.4, -0.2) is 40.2 Å². The van der Waals surface area contributed by atoms with E-state index in [2.05, 4.69) is 22.1 Å². The molecule has 0 saturated heterocycles. The van der Waals surface area contributed by atoms with Crippen molar-refractivity contribution >= 4 is 11.7 Å². The van der Waals surface area contributed by atoms with E-state index in [0.717, 1.165) is 17.5 Å². The Hall–Kier alpha value is -3.29. The van der Waals surface area contributed by atoms with Crippen molar-refractivity contribution in [2.45, 2.75) is 26.5 Å². The fourth-order valence-corrected chi connectivity index (χ4v) is 3.67. The molecule has 2 aromatic carbocycles. The molecule has 4 rings (SSSR count). The second-order valence-corrected chi connectivity index (χ2v) is 7.26. The lowest BCUT2D eigenvalue weighted by molar-refractivity contribution is -0.282. The van der Waals surface area contributed by atoms with E-state index in [9.17, 15) is 9.59 Å². The van der Waals surface area contributed by atoms with E-state index in [0.29, 0.717) is 35.7 Å². The number of aromatic nitrogens is 2. The van der Waals surface area contributed by atoms with Crippen molar-refractivity contribution in [1.29, 1.82) is 0 Å². The quantitative estimate of drug-likeness (QED) is 0.385. The number of carbonyl (C=O) groups is 2. The zero-order valence-electron chi connectivity index (χ0n) is 17.0. The molecule has 2 heterocycles. The average Bonchev–Trinajstić information content (AvgIpc) is 3.27. The lowest BCUT2D eigenvalue weighted by Crippen LogP contribution is -2.36. The lowest BCUT2D eigenvalue weighted by atomic mass is 9.97. The second kappa shape index (κ2) is 8.61. The molecule has 0 radical (unpaired) electrons. The molecule has 0 unspecified atom stereocenters. The Bertz CT molecular complexity index is 1090. The summed E-state index contributed by atoms with van der Waals surface area (Å²) in [6, 6.07) is 13.7. The zero-order valence-corrected chi connectivity index (χ0v) is 17.0. The smallest absolute Gasteiger partial charge is 0.254 e. The summed E-state index contributed by atoms with van der Waals surface area (Å²) in [7, 11) is 1.44. The van der Waals surface area contributed by atoms with Crippen molar-refractivity contribution < 1.29 is 19.4 Å². The van der Waals surface area contributed by atoms with Crippen LogP contribution in [-0.2, 0) is 29.3 Å². The standard InChI is InChI=1S/C23H23N3O4/c1-15(27)21-12-24-22(25-21)19-8-7-16(14-30-29-2)11-20(19)23(28)26-10-9-17-5-3-4-6-18(17)13-26/h3-8,11-12H,9-10,13-14H2,1-2H3,(H,24,25). The number of nitrogens with one attached hydrogen (secondary N) is 1. The van der Waals surface area contributed by atoms with Crippen molar-refractivity contribution in [3.05, 3.63) is 76.6 Å². The second-order valence-electron chi connectivity index (χ2n) is 7.26. The molecule has 1 amide bonds. The van der Waals surface area contributed by atoms with Gasteiger partial charge in [-0.05, 0) is 29.2 Å². The highest BCUT2D eigenvalue weighted by atomic mass is 17.2. The van der Waals surface area contributed by atoms with Gasteiger partial charge in [0.25, 0.3) is 5.91 Å². The number of hydrogen-bond acceptors (Lipinski definition) is 5. The van der Waals surface area contributed by atoms with Gasteiger partial charge in [0, 0.05) is 25.6 Å². The Morgan fingerprint density at radius 2 is 1.97 bits per heavy atom. The highest BCUT2D eigenvalue weighted by Gasteiger charge is 2.25. The molecule has 0 atom stereocenters. The van der Waals surface area contributed by atoms with E-state index in [1.807, 2.05) is 29.2 Å². The summed E-state index contributed by atoms with van der Waals surface area (Å²) in [4.78, 5) is 44.1. The van der Waals surface area contributed by atoms with Crippen LogP contribution >= 0.6 is 0 Å². The van der Waals surface area contributed by atoms with Gasteiger partial charge >= 0.3 is 0 Å². The number of nitrogens with zero attached hydrogens (tertiary/aromatic N) is 2. The summed E-state index contributed by atoms with van der Waals surface area (Å²) in [5.74, 6) is 0.291. The van der Waals surface area contributed by atoms with Crippen LogP contribution in [0.3, 0.4) is 0 Å². The molecule has 1 aliphatic heterocycles. The lowest BCUT2D eigenvalue weighted by Gasteiger charge is -2.29. The molecule has 154 valence electrons. The van der Waals surface area contributed by atoms with Gasteiger partial charge < -0.3 is 9.88 Å². The van der Waals surface area contributed by atoms with Gasteiger partial charge in [-0.1, -0.05) is 36.4 Å². The third kappa shape index (κ3) is 4.03. The number of Topliss-reactive ketones (excluding diaryl/α,β-unsaturated/α-hetero) is 1. The van der Waals surface area contributed by atoms with Gasteiger partial charge in [0.2, 0.25) is 0 Å². The molecule has 0 saturated carbocycles. The van der Waals surface area contributed by atoms with E-state index in [-0.39, 0.29) is 18.3 Å². The number of fused-ring (bicyclic) bond motifs is 1. The number of aromatic amines is 1. The first-order valence-electron chi connectivity index (χ1n) is 9.77. The molecule has 1 aromatic heterocycles. The van der Waals surface area contributed by atoms with Gasteiger partial charge in [0.05, 0.1) is 18.9 Å². The number of benzene rings is 2. The molecule has 30 heavy (non-hydrogen) atoms. The van der Waals surface area contributed by atoms with Crippen LogP contribution < -0.4 is 0 Å². The minimum Gasteiger partial charge on any atom is -0.336 e. The van der Waals surface area contributed by atoms with Gasteiger partial charge in [-0.2, -0.15) is 0 Å². The van der Waals surface area contributed by atoms with E-state index < -0.39 is 0 Å². The fraction of sp³-hybridized carbons (Fsp3) is 0.261. The van der Waals surface area contributed by atoms with Crippen LogP contribution in [0.2, 0.25) is 0 Å². The molecule has 0 spiro atoms. The molecule has 1 N–H and O–H groups in total. The van der Waals surface area contributed by atoms with Gasteiger partial charge in [-0.15, -0.1) is 0 Å². The van der Waals surface area contributed by atoms with Crippen LogP contribution in [0.5, 0.6) is 0 Å². The molecular formula is C23H23N3O4. The van der Waals surface area contributed by atoms with Crippen LogP contribution in [0.4, 0.5) is 0 Å². The molecule has 7 heteroatoms. The Kier molecular flexibility index (Phi) is 5.74. The summed E-state index contributed by atoms with van der Waals surface area (Å²) < 4.78 is 0. The molecule has 7 nitrogen and oxygen atoms in total. The van der Waals surface area contributed by atoms with Crippen LogP contribution in [0, 0.1) is 0 Å². The molecule has 0 aliphatic carbocycles. The first-order valence-corrected chi connectivity index (χ1v) is 9.77. The van der Waals surface area contributed by atoms with Crippen molar-refractivity contribution in [3.63, 3.8) is 0 Å². The van der Waals surface area contributed by atoms with E-state index >= 15 is 0 Å². The summed E-state index contributed by atoms with van der Waals surface area (Å²) >= 11 is 0. The minimum atomic E-state index is -0.112. The van der Waals surface area contributed by atoms with E-state index in [1.54, 1.807) is 6.07 Å². The predicted molar refractivity (Wildman–Crippen MR) is 111 cm³/mol. The van der Waals surface area contributed by atoms with Gasteiger partial charge in [0.1, 0.15) is 18.1 Å². The Balaban J connectivity index is 1.70. The summed E-state index contributed by atoms with van der Waals surface area (Å²) in [6.07, 6.45) is 2.31. The molecule has 0 bridgehead atoms. The third-order valence-electron chi connectivity index (χ3n) is 5.29. The highest BCUT2D eigenvalue weighted by molar-refractivity contribution is 6.01. The molecule has 3 aromatic rings. The number of H-pyrrole nitrogens is 1. The third-order valence-corrected chi connectivity index (χ3v) is 5.29. The zero-order chi connectivity index (χ0) is 21.1.